The Morgan fingerprint density at radius 1 is 1.31 bits per heavy atom. The average Bonchev–Trinajstić information content (AvgIpc) is 3.22. The van der Waals surface area contributed by atoms with E-state index < -0.39 is 0 Å². The van der Waals surface area contributed by atoms with E-state index in [4.69, 9.17) is 23.2 Å². The van der Waals surface area contributed by atoms with Crippen LogP contribution < -0.4 is 5.32 Å². The van der Waals surface area contributed by atoms with Crippen molar-refractivity contribution in [2.45, 2.75) is 31.8 Å². The van der Waals surface area contributed by atoms with Crippen LogP contribution in [0.2, 0.25) is 10.0 Å². The van der Waals surface area contributed by atoms with Gasteiger partial charge in [-0.05, 0) is 57.5 Å². The number of nitrogens with zero attached hydrogens (tertiary/aromatic N) is 3. The van der Waals surface area contributed by atoms with Gasteiger partial charge in [0, 0.05) is 24.0 Å². The van der Waals surface area contributed by atoms with Gasteiger partial charge >= 0.3 is 6.03 Å². The quantitative estimate of drug-likeness (QED) is 0.692. The average molecular weight is 451 g/mol. The van der Waals surface area contributed by atoms with Crippen molar-refractivity contribution in [3.63, 3.8) is 0 Å². The third-order valence-corrected chi connectivity index (χ3v) is 6.72. The molecule has 2 amide bonds. The zero-order valence-corrected chi connectivity index (χ0v) is 19.0. The lowest BCUT2D eigenvalue weighted by Crippen LogP contribution is -2.48. The summed E-state index contributed by atoms with van der Waals surface area (Å²) in [5.74, 6) is 5.98. The van der Waals surface area contributed by atoms with E-state index in [1.807, 2.05) is 31.5 Å². The highest BCUT2D eigenvalue weighted by molar-refractivity contribution is 7.07. The summed E-state index contributed by atoms with van der Waals surface area (Å²) in [5.41, 5.74) is 3.83. The lowest BCUT2D eigenvalue weighted by Gasteiger charge is -2.35. The van der Waals surface area contributed by atoms with Crippen molar-refractivity contribution >= 4 is 40.6 Å². The molecule has 1 aliphatic rings. The number of rotatable bonds is 3. The number of carbonyl (C=O) groups excluding carboxylic acids is 1. The molecule has 1 unspecified atom stereocenters. The number of likely N-dealkylation sites (tertiary alicyclic amines) is 1. The van der Waals surface area contributed by atoms with Gasteiger partial charge in [-0.3, -0.25) is 0 Å². The molecule has 2 aromatic rings. The molecule has 1 fully saturated rings. The normalized spacial score (nSPS) is 16.0. The molecule has 5 nitrogen and oxygen atoms in total. The molecular weight excluding hydrogens is 427 g/mol. The molecule has 1 N–H and O–H groups in total. The van der Waals surface area contributed by atoms with Crippen LogP contribution in [-0.4, -0.2) is 54.0 Å². The lowest BCUT2D eigenvalue weighted by atomic mass is 10.0. The molecule has 2 heterocycles. The van der Waals surface area contributed by atoms with Crippen LogP contribution in [0.25, 0.3) is 0 Å². The molecule has 1 aromatic carbocycles. The molecule has 154 valence electrons. The minimum absolute atomic E-state index is 0.105. The summed E-state index contributed by atoms with van der Waals surface area (Å²) >= 11 is 14.4. The van der Waals surface area contributed by atoms with E-state index in [1.165, 1.54) is 11.3 Å². The first kappa shape index (κ1) is 21.9. The summed E-state index contributed by atoms with van der Waals surface area (Å²) < 4.78 is 0. The number of piperidine rings is 1. The van der Waals surface area contributed by atoms with E-state index in [1.54, 1.807) is 10.4 Å². The van der Waals surface area contributed by atoms with Gasteiger partial charge in [-0.2, -0.15) is 0 Å². The number of amides is 2. The van der Waals surface area contributed by atoms with Crippen LogP contribution >= 0.6 is 34.5 Å². The Hall–Kier alpha value is -1.78. The van der Waals surface area contributed by atoms with Crippen LogP contribution in [0.4, 0.5) is 4.79 Å². The predicted molar refractivity (Wildman–Crippen MR) is 120 cm³/mol. The first-order valence-electron chi connectivity index (χ1n) is 9.46. The summed E-state index contributed by atoms with van der Waals surface area (Å²) in [6, 6.07) is 3.56. The van der Waals surface area contributed by atoms with Crippen LogP contribution in [0, 0.1) is 11.8 Å². The Balaban J connectivity index is 1.68. The first-order valence-corrected chi connectivity index (χ1v) is 11.2. The molecule has 0 bridgehead atoms. The maximum Gasteiger partial charge on any atom is 0.317 e. The number of carbonyl (C=O) groups is 1. The zero-order chi connectivity index (χ0) is 21.0. The van der Waals surface area contributed by atoms with Crippen molar-refractivity contribution in [3.8, 4) is 11.8 Å². The minimum atomic E-state index is -0.276. The van der Waals surface area contributed by atoms with E-state index in [-0.39, 0.29) is 18.1 Å². The standard InChI is InChI=1S/C21H24Cl2N4OS/c1-14(25-21(28)27(3)17-8-10-26(2)11-9-17)18-7-5-15(19(22)20(18)23)4-6-16-12-29-13-24-16/h5,7,12-14,17H,8-11H2,1-3H3,(H,25,28). The number of hydrogen-bond acceptors (Lipinski definition) is 4. The number of urea groups is 1. The van der Waals surface area contributed by atoms with Crippen LogP contribution in [0.1, 0.15) is 42.6 Å². The Kier molecular flexibility index (Phi) is 7.42. The SMILES string of the molecule is CC(NC(=O)N(C)C1CCN(C)CC1)c1ccc(C#Cc2cscn2)c(Cl)c1Cl. The molecule has 0 aliphatic carbocycles. The Morgan fingerprint density at radius 2 is 2.03 bits per heavy atom. The minimum Gasteiger partial charge on any atom is -0.331 e. The number of nitrogens with one attached hydrogen (secondary N) is 1. The van der Waals surface area contributed by atoms with Gasteiger partial charge in [0.1, 0.15) is 5.69 Å². The molecule has 8 heteroatoms. The molecule has 1 aromatic heterocycles. The van der Waals surface area contributed by atoms with Gasteiger partial charge in [-0.1, -0.05) is 35.2 Å². The molecule has 1 aliphatic heterocycles. The van der Waals surface area contributed by atoms with Gasteiger partial charge in [0.05, 0.1) is 21.6 Å². The molecular formula is C21H24Cl2N4OS. The van der Waals surface area contributed by atoms with Crippen molar-refractivity contribution in [1.82, 2.24) is 20.1 Å². The summed E-state index contributed by atoms with van der Waals surface area (Å²) in [7, 11) is 3.96. The molecule has 1 saturated heterocycles. The monoisotopic (exact) mass is 450 g/mol. The molecule has 0 spiro atoms. The van der Waals surface area contributed by atoms with Gasteiger partial charge < -0.3 is 15.1 Å². The second kappa shape index (κ2) is 9.82. The molecule has 29 heavy (non-hydrogen) atoms. The molecule has 0 saturated carbocycles. The lowest BCUT2D eigenvalue weighted by molar-refractivity contribution is 0.146. The van der Waals surface area contributed by atoms with Gasteiger partial charge in [-0.25, -0.2) is 9.78 Å². The first-order chi connectivity index (χ1) is 13.9. The van der Waals surface area contributed by atoms with Crippen LogP contribution in [0.5, 0.6) is 0 Å². The Bertz CT molecular complexity index is 915. The Labute approximate surface area is 186 Å². The van der Waals surface area contributed by atoms with Gasteiger partial charge in [0.25, 0.3) is 0 Å². The third kappa shape index (κ3) is 5.43. The number of benzene rings is 1. The van der Waals surface area contributed by atoms with E-state index in [2.05, 4.69) is 34.1 Å². The summed E-state index contributed by atoms with van der Waals surface area (Å²) in [6.45, 7) is 3.91. The highest BCUT2D eigenvalue weighted by Gasteiger charge is 2.25. The maximum atomic E-state index is 12.7. The molecule has 3 rings (SSSR count). The highest BCUT2D eigenvalue weighted by Crippen LogP contribution is 2.33. The van der Waals surface area contributed by atoms with Crippen LogP contribution in [0.3, 0.4) is 0 Å². The fraction of sp³-hybridized carbons (Fsp3) is 0.429. The van der Waals surface area contributed by atoms with Crippen molar-refractivity contribution < 1.29 is 4.79 Å². The van der Waals surface area contributed by atoms with Gasteiger partial charge in [0.15, 0.2) is 0 Å². The van der Waals surface area contributed by atoms with E-state index in [0.717, 1.165) is 31.5 Å². The Morgan fingerprint density at radius 3 is 2.69 bits per heavy atom. The third-order valence-electron chi connectivity index (χ3n) is 5.23. The fourth-order valence-corrected chi connectivity index (χ4v) is 4.35. The van der Waals surface area contributed by atoms with E-state index >= 15 is 0 Å². The zero-order valence-electron chi connectivity index (χ0n) is 16.7. The number of thiazole rings is 1. The molecule has 1 atom stereocenters. The largest absolute Gasteiger partial charge is 0.331 e. The number of halogens is 2. The van der Waals surface area contributed by atoms with Gasteiger partial charge in [0.2, 0.25) is 0 Å². The van der Waals surface area contributed by atoms with Crippen molar-refractivity contribution in [2.75, 3.05) is 27.2 Å². The smallest absolute Gasteiger partial charge is 0.317 e. The van der Waals surface area contributed by atoms with Crippen molar-refractivity contribution in [2.24, 2.45) is 0 Å². The van der Waals surface area contributed by atoms with Crippen LogP contribution in [0.15, 0.2) is 23.0 Å². The van der Waals surface area contributed by atoms with E-state index in [0.29, 0.717) is 21.3 Å². The number of aromatic nitrogens is 1. The van der Waals surface area contributed by atoms with Crippen molar-refractivity contribution in [3.05, 3.63) is 49.9 Å². The number of hydrogen-bond donors (Lipinski definition) is 1. The maximum absolute atomic E-state index is 12.7. The summed E-state index contributed by atoms with van der Waals surface area (Å²) in [5, 5.41) is 5.70. The summed E-state index contributed by atoms with van der Waals surface area (Å²) in [4.78, 5) is 20.9. The van der Waals surface area contributed by atoms with Crippen LogP contribution in [-0.2, 0) is 0 Å². The predicted octanol–water partition coefficient (Wildman–Crippen LogP) is 4.65. The van der Waals surface area contributed by atoms with E-state index in [9.17, 15) is 4.79 Å². The highest BCUT2D eigenvalue weighted by atomic mass is 35.5. The fourth-order valence-electron chi connectivity index (χ4n) is 3.31. The van der Waals surface area contributed by atoms with Gasteiger partial charge in [-0.15, -0.1) is 11.3 Å². The second-order valence-electron chi connectivity index (χ2n) is 7.27. The topological polar surface area (TPSA) is 48.5 Å². The van der Waals surface area contributed by atoms with Crippen molar-refractivity contribution in [1.29, 1.82) is 0 Å². The second-order valence-corrected chi connectivity index (χ2v) is 8.75. The summed E-state index contributed by atoms with van der Waals surface area (Å²) in [6.07, 6.45) is 1.96. The molecule has 0 radical (unpaired) electrons.